The third-order valence-electron chi connectivity index (χ3n) is 9.88. The van der Waals surface area contributed by atoms with Crippen molar-refractivity contribution in [3.63, 3.8) is 0 Å². The lowest BCUT2D eigenvalue weighted by Crippen LogP contribution is -1.98. The molecule has 3 nitrogen and oxygen atoms in total. The third kappa shape index (κ3) is 4.90. The summed E-state index contributed by atoms with van der Waals surface area (Å²) in [5.74, 6) is 3.08. The third-order valence-corrected chi connectivity index (χ3v) is 9.88. The predicted molar refractivity (Wildman–Crippen MR) is 209 cm³/mol. The van der Waals surface area contributed by atoms with Crippen molar-refractivity contribution in [2.75, 3.05) is 0 Å². The molecule has 0 aliphatic carbocycles. The van der Waals surface area contributed by atoms with Crippen LogP contribution in [0.25, 0.3) is 72.0 Å². The molecule has 0 fully saturated rings. The van der Waals surface area contributed by atoms with E-state index in [4.69, 9.17) is 9.47 Å². The zero-order valence-corrected chi connectivity index (χ0v) is 27.7. The van der Waals surface area contributed by atoms with Gasteiger partial charge in [0.15, 0.2) is 0 Å². The van der Waals surface area contributed by atoms with Gasteiger partial charge >= 0.3 is 0 Å². The lowest BCUT2D eigenvalue weighted by atomic mass is 9.94. The lowest BCUT2D eigenvalue weighted by molar-refractivity contribution is 0.472. The molecule has 51 heavy (non-hydrogen) atoms. The molecule has 1 aliphatic rings. The van der Waals surface area contributed by atoms with Crippen LogP contribution in [-0.2, 0) is 0 Å². The van der Waals surface area contributed by atoms with E-state index in [0.717, 1.165) is 73.2 Å². The van der Waals surface area contributed by atoms with E-state index < -0.39 is 0 Å². The zero-order chi connectivity index (χ0) is 33.7. The number of benzene rings is 8. The van der Waals surface area contributed by atoms with Crippen LogP contribution < -0.4 is 9.47 Å². The average Bonchev–Trinajstić information content (AvgIpc) is 3.54. The fourth-order valence-electron chi connectivity index (χ4n) is 7.54. The van der Waals surface area contributed by atoms with Gasteiger partial charge < -0.3 is 14.0 Å². The average molecular weight is 654 g/mol. The second-order valence-electron chi connectivity index (χ2n) is 12.9. The van der Waals surface area contributed by atoms with Crippen LogP contribution in [0.2, 0.25) is 0 Å². The van der Waals surface area contributed by atoms with Gasteiger partial charge in [-0.3, -0.25) is 0 Å². The van der Waals surface area contributed by atoms with Gasteiger partial charge in [0.1, 0.15) is 23.0 Å². The Kier molecular flexibility index (Phi) is 6.81. The number of rotatable bonds is 3. The summed E-state index contributed by atoms with van der Waals surface area (Å²) in [5, 5.41) is 2.43. The van der Waals surface area contributed by atoms with Crippen LogP contribution in [0.3, 0.4) is 0 Å². The molecule has 0 saturated carbocycles. The van der Waals surface area contributed by atoms with Crippen molar-refractivity contribution >= 4 is 21.8 Å². The first-order chi connectivity index (χ1) is 25.3. The number of hydrogen-bond donors (Lipinski definition) is 0. The van der Waals surface area contributed by atoms with E-state index in [2.05, 4.69) is 162 Å². The summed E-state index contributed by atoms with van der Waals surface area (Å²) in [6.45, 7) is 0. The first kappa shape index (κ1) is 29.1. The quantitative estimate of drug-likeness (QED) is 0.189. The molecule has 2 heterocycles. The van der Waals surface area contributed by atoms with E-state index in [1.165, 1.54) is 21.8 Å². The highest BCUT2D eigenvalue weighted by Crippen LogP contribution is 2.49. The Labute approximate surface area is 296 Å². The number of ether oxygens (including phenoxy) is 2. The minimum atomic E-state index is 0.766. The van der Waals surface area contributed by atoms with Crippen molar-refractivity contribution in [1.82, 2.24) is 4.57 Å². The summed E-state index contributed by atoms with van der Waals surface area (Å²) in [4.78, 5) is 0. The van der Waals surface area contributed by atoms with Gasteiger partial charge in [0.2, 0.25) is 0 Å². The summed E-state index contributed by atoms with van der Waals surface area (Å²) in [6.07, 6.45) is 0. The fraction of sp³-hybridized carbons (Fsp3) is 0. The number of fused-ring (bicyclic) bond motifs is 9. The minimum absolute atomic E-state index is 0.766. The van der Waals surface area contributed by atoms with E-state index in [1.54, 1.807) is 0 Å². The van der Waals surface area contributed by atoms with Crippen molar-refractivity contribution in [1.29, 1.82) is 0 Å². The van der Waals surface area contributed by atoms with Gasteiger partial charge in [-0.15, -0.1) is 0 Å². The molecule has 1 aliphatic heterocycles. The van der Waals surface area contributed by atoms with Crippen LogP contribution in [-0.4, -0.2) is 4.57 Å². The van der Waals surface area contributed by atoms with Gasteiger partial charge in [-0.25, -0.2) is 0 Å². The predicted octanol–water partition coefficient (Wildman–Crippen LogP) is 13.3. The fourth-order valence-corrected chi connectivity index (χ4v) is 7.54. The maximum Gasteiger partial charge on any atom is 0.135 e. The van der Waals surface area contributed by atoms with Crippen molar-refractivity contribution in [3.8, 4) is 73.2 Å². The van der Waals surface area contributed by atoms with E-state index in [1.807, 2.05) is 30.3 Å². The molecule has 0 radical (unpaired) electrons. The first-order valence-corrected chi connectivity index (χ1v) is 17.3. The highest BCUT2D eigenvalue weighted by atomic mass is 16.5. The Hall–Kier alpha value is -6.84. The molecule has 0 spiro atoms. The number of para-hydroxylation sites is 4. The molecule has 0 atom stereocenters. The second-order valence-corrected chi connectivity index (χ2v) is 12.9. The number of hydrogen-bond acceptors (Lipinski definition) is 2. The topological polar surface area (TPSA) is 23.4 Å². The zero-order valence-electron chi connectivity index (χ0n) is 27.7. The minimum Gasteiger partial charge on any atom is -0.456 e. The van der Waals surface area contributed by atoms with Gasteiger partial charge in [-0.05, 0) is 82.9 Å². The number of aromatic nitrogens is 1. The molecule has 0 unspecified atom stereocenters. The molecular weight excluding hydrogens is 623 g/mol. The molecule has 3 heteroatoms. The molecule has 0 bridgehead atoms. The van der Waals surface area contributed by atoms with Crippen LogP contribution >= 0.6 is 0 Å². The van der Waals surface area contributed by atoms with Crippen molar-refractivity contribution < 1.29 is 9.47 Å². The van der Waals surface area contributed by atoms with E-state index in [0.29, 0.717) is 0 Å². The monoisotopic (exact) mass is 653 g/mol. The van der Waals surface area contributed by atoms with E-state index in [-0.39, 0.29) is 0 Å². The normalized spacial score (nSPS) is 11.8. The molecular formula is C48H31NO2. The second kappa shape index (κ2) is 11.9. The lowest BCUT2D eigenvalue weighted by Gasteiger charge is -2.22. The van der Waals surface area contributed by atoms with Gasteiger partial charge in [0, 0.05) is 38.7 Å². The molecule has 240 valence electrons. The van der Waals surface area contributed by atoms with Gasteiger partial charge in [-0.1, -0.05) is 127 Å². The maximum atomic E-state index is 6.97. The summed E-state index contributed by atoms with van der Waals surface area (Å²) >= 11 is 0. The highest BCUT2D eigenvalue weighted by Gasteiger charge is 2.22. The van der Waals surface area contributed by atoms with E-state index >= 15 is 0 Å². The summed E-state index contributed by atoms with van der Waals surface area (Å²) in [7, 11) is 0. The smallest absolute Gasteiger partial charge is 0.135 e. The van der Waals surface area contributed by atoms with Crippen LogP contribution in [0.1, 0.15) is 0 Å². The van der Waals surface area contributed by atoms with Gasteiger partial charge in [-0.2, -0.15) is 0 Å². The van der Waals surface area contributed by atoms with Gasteiger partial charge in [0.25, 0.3) is 0 Å². The highest BCUT2D eigenvalue weighted by molar-refractivity contribution is 6.16. The summed E-state index contributed by atoms with van der Waals surface area (Å²) < 4.78 is 16.2. The molecule has 0 saturated heterocycles. The largest absolute Gasteiger partial charge is 0.456 e. The molecule has 8 aromatic carbocycles. The Morgan fingerprint density at radius 2 is 0.824 bits per heavy atom. The summed E-state index contributed by atoms with van der Waals surface area (Å²) in [6, 6.07) is 65.8. The van der Waals surface area contributed by atoms with Crippen LogP contribution in [0.5, 0.6) is 23.0 Å². The molecule has 0 amide bonds. The van der Waals surface area contributed by atoms with E-state index in [9.17, 15) is 0 Å². The van der Waals surface area contributed by atoms with Crippen LogP contribution in [0.4, 0.5) is 0 Å². The summed E-state index contributed by atoms with van der Waals surface area (Å²) in [5.41, 5.74) is 11.9. The first-order valence-electron chi connectivity index (χ1n) is 17.3. The standard InChI is InChI=1S/C48H31NO2/c1-3-14-32(15-4-1)33-26-28-46-40(30-33)37-18-8-11-24-44(37)50-45-25-12-9-19-38(45)41-31-34(27-29-47(41)51-46)36-21-13-23-43-48(36)39-20-7-10-22-42(39)49(43)35-16-5-2-6-17-35/h1-31H. The van der Waals surface area contributed by atoms with Crippen LogP contribution in [0.15, 0.2) is 188 Å². The number of nitrogens with zero attached hydrogens (tertiary/aromatic N) is 1. The molecule has 0 N–H and O–H groups in total. The molecule has 10 rings (SSSR count). The molecule has 1 aromatic heterocycles. The maximum absolute atomic E-state index is 6.97. The SMILES string of the molecule is c1ccc(-c2ccc3c(c2)-c2ccccc2Oc2ccccc2-c2cc(-c4cccc5c4c4ccccc4n5-c4ccccc4)ccc2O3)cc1. The van der Waals surface area contributed by atoms with Crippen molar-refractivity contribution in [2.45, 2.75) is 0 Å². The Morgan fingerprint density at radius 1 is 0.314 bits per heavy atom. The van der Waals surface area contributed by atoms with Crippen molar-refractivity contribution in [3.05, 3.63) is 188 Å². The molecule has 9 aromatic rings. The van der Waals surface area contributed by atoms with Crippen LogP contribution in [0, 0.1) is 0 Å². The van der Waals surface area contributed by atoms with Crippen molar-refractivity contribution in [2.24, 2.45) is 0 Å². The Bertz CT molecular complexity index is 2740. The van der Waals surface area contributed by atoms with Gasteiger partial charge in [0.05, 0.1) is 11.0 Å². The Balaban J connectivity index is 1.20. The Morgan fingerprint density at radius 3 is 1.53 bits per heavy atom.